The van der Waals surface area contributed by atoms with Gasteiger partial charge in [-0.25, -0.2) is 0 Å². The molecular weight excluding hydrogens is 232 g/mol. The van der Waals surface area contributed by atoms with Gasteiger partial charge in [0.05, 0.1) is 6.04 Å². The van der Waals surface area contributed by atoms with Gasteiger partial charge in [0.25, 0.3) is 0 Å². The van der Waals surface area contributed by atoms with Crippen molar-refractivity contribution in [3.8, 4) is 0 Å². The van der Waals surface area contributed by atoms with E-state index in [-0.39, 0.29) is 11.9 Å². The van der Waals surface area contributed by atoms with Crippen LogP contribution in [0.25, 0.3) is 0 Å². The van der Waals surface area contributed by atoms with E-state index in [0.717, 1.165) is 25.1 Å². The molecule has 0 aromatic carbocycles. The van der Waals surface area contributed by atoms with Crippen LogP contribution in [-0.4, -0.2) is 36.5 Å². The number of hydrogen-bond donors (Lipinski definition) is 2. The molecule has 102 valence electrons. The number of nitrogens with one attached hydrogen (secondary N) is 2. The van der Waals surface area contributed by atoms with Crippen LogP contribution in [0.2, 0.25) is 0 Å². The Bertz CT molecular complexity index is 210. The smallest absolute Gasteiger partial charge is 0.236 e. The summed E-state index contributed by atoms with van der Waals surface area (Å²) < 4.78 is 0. The minimum atomic E-state index is -0.0979. The van der Waals surface area contributed by atoms with Crippen LogP contribution in [0, 0.1) is 5.92 Å². The van der Waals surface area contributed by atoms with E-state index in [4.69, 9.17) is 0 Å². The van der Waals surface area contributed by atoms with E-state index in [0.29, 0.717) is 12.0 Å². The van der Waals surface area contributed by atoms with Gasteiger partial charge in [0.1, 0.15) is 0 Å². The fourth-order valence-corrected chi connectivity index (χ4v) is 2.29. The molecule has 0 aliphatic carbocycles. The molecule has 2 atom stereocenters. The maximum absolute atomic E-state index is 11.8. The minimum Gasteiger partial charge on any atom is -0.355 e. The van der Waals surface area contributed by atoms with Crippen molar-refractivity contribution in [3.63, 3.8) is 0 Å². The van der Waals surface area contributed by atoms with Gasteiger partial charge in [-0.15, -0.1) is 0 Å². The fourth-order valence-electron chi connectivity index (χ4n) is 1.55. The Morgan fingerprint density at radius 3 is 2.41 bits per heavy atom. The van der Waals surface area contributed by atoms with Crippen molar-refractivity contribution < 1.29 is 4.79 Å². The molecule has 0 aromatic heterocycles. The van der Waals surface area contributed by atoms with Crippen molar-refractivity contribution in [2.24, 2.45) is 5.92 Å². The second kappa shape index (κ2) is 9.77. The van der Waals surface area contributed by atoms with Crippen LogP contribution in [0.15, 0.2) is 0 Å². The number of amides is 1. The molecule has 0 aliphatic rings. The molecule has 0 saturated heterocycles. The average molecular weight is 260 g/mol. The highest BCUT2D eigenvalue weighted by Crippen LogP contribution is 2.02. The SMILES string of the molecule is CCC(CSC)NC(C)C(=O)NCCC(C)C. The quantitative estimate of drug-likeness (QED) is 0.668. The van der Waals surface area contributed by atoms with Crippen LogP contribution in [0.3, 0.4) is 0 Å². The van der Waals surface area contributed by atoms with E-state index >= 15 is 0 Å². The summed E-state index contributed by atoms with van der Waals surface area (Å²) in [4.78, 5) is 11.8. The van der Waals surface area contributed by atoms with Gasteiger partial charge in [-0.3, -0.25) is 4.79 Å². The van der Waals surface area contributed by atoms with Gasteiger partial charge in [0, 0.05) is 18.3 Å². The van der Waals surface area contributed by atoms with Gasteiger partial charge in [-0.2, -0.15) is 11.8 Å². The van der Waals surface area contributed by atoms with Gasteiger partial charge in [0.15, 0.2) is 0 Å². The predicted molar refractivity (Wildman–Crippen MR) is 77.5 cm³/mol. The number of carbonyl (C=O) groups is 1. The zero-order valence-electron chi connectivity index (χ0n) is 11.9. The molecule has 1 amide bonds. The van der Waals surface area contributed by atoms with Crippen LogP contribution in [0.5, 0.6) is 0 Å². The number of carbonyl (C=O) groups excluding carboxylic acids is 1. The Hall–Kier alpha value is -0.220. The Morgan fingerprint density at radius 2 is 1.94 bits per heavy atom. The lowest BCUT2D eigenvalue weighted by Crippen LogP contribution is -2.47. The molecule has 17 heavy (non-hydrogen) atoms. The standard InChI is InChI=1S/C13H28N2OS/c1-6-12(9-17-5)15-11(4)13(16)14-8-7-10(2)3/h10-12,15H,6-9H2,1-5H3,(H,14,16). The van der Waals surface area contributed by atoms with Crippen molar-refractivity contribution in [2.45, 2.75) is 52.6 Å². The largest absolute Gasteiger partial charge is 0.355 e. The summed E-state index contributed by atoms with van der Waals surface area (Å²) in [6.45, 7) is 9.20. The summed E-state index contributed by atoms with van der Waals surface area (Å²) in [6, 6.07) is 0.329. The first-order valence-electron chi connectivity index (χ1n) is 6.53. The zero-order chi connectivity index (χ0) is 13.3. The lowest BCUT2D eigenvalue weighted by atomic mass is 10.1. The number of rotatable bonds is 9. The van der Waals surface area contributed by atoms with E-state index in [1.54, 1.807) is 0 Å². The van der Waals surface area contributed by atoms with Gasteiger partial charge in [-0.1, -0.05) is 20.8 Å². The van der Waals surface area contributed by atoms with Crippen LogP contribution >= 0.6 is 11.8 Å². The lowest BCUT2D eigenvalue weighted by Gasteiger charge is -2.21. The summed E-state index contributed by atoms with van der Waals surface area (Å²) in [7, 11) is 0. The molecular formula is C13H28N2OS. The third kappa shape index (κ3) is 8.50. The summed E-state index contributed by atoms with van der Waals surface area (Å²) in [5.74, 6) is 1.81. The summed E-state index contributed by atoms with van der Waals surface area (Å²) >= 11 is 1.82. The van der Waals surface area contributed by atoms with Gasteiger partial charge in [0.2, 0.25) is 5.91 Å². The maximum Gasteiger partial charge on any atom is 0.236 e. The second-order valence-electron chi connectivity index (χ2n) is 4.92. The van der Waals surface area contributed by atoms with E-state index in [9.17, 15) is 4.79 Å². The summed E-state index contributed by atoms with van der Waals surface area (Å²) in [5, 5.41) is 6.35. The zero-order valence-corrected chi connectivity index (χ0v) is 12.7. The van der Waals surface area contributed by atoms with Gasteiger partial charge < -0.3 is 10.6 Å². The maximum atomic E-state index is 11.8. The van der Waals surface area contributed by atoms with Gasteiger partial charge in [-0.05, 0) is 31.9 Å². The van der Waals surface area contributed by atoms with Crippen molar-refractivity contribution in [3.05, 3.63) is 0 Å². The number of hydrogen-bond acceptors (Lipinski definition) is 3. The lowest BCUT2D eigenvalue weighted by molar-refractivity contribution is -0.122. The molecule has 2 unspecified atom stereocenters. The molecule has 0 aromatic rings. The first kappa shape index (κ1) is 16.8. The molecule has 0 bridgehead atoms. The first-order valence-corrected chi connectivity index (χ1v) is 7.93. The van der Waals surface area contributed by atoms with Crippen molar-refractivity contribution in [2.75, 3.05) is 18.6 Å². The Balaban J connectivity index is 3.86. The first-order chi connectivity index (χ1) is 8.01. The third-order valence-electron chi connectivity index (χ3n) is 2.76. The molecule has 3 nitrogen and oxygen atoms in total. The van der Waals surface area contributed by atoms with Gasteiger partial charge >= 0.3 is 0 Å². The topological polar surface area (TPSA) is 41.1 Å². The molecule has 0 rings (SSSR count). The third-order valence-corrected chi connectivity index (χ3v) is 3.50. The number of thioether (sulfide) groups is 1. The molecule has 0 aliphatic heterocycles. The van der Waals surface area contributed by atoms with Crippen molar-refractivity contribution in [1.82, 2.24) is 10.6 Å². The monoisotopic (exact) mass is 260 g/mol. The predicted octanol–water partition coefficient (Wildman–Crippen LogP) is 2.27. The van der Waals surface area contributed by atoms with E-state index in [1.807, 2.05) is 18.7 Å². The summed E-state index contributed by atoms with van der Waals surface area (Å²) in [5.41, 5.74) is 0. The highest BCUT2D eigenvalue weighted by molar-refractivity contribution is 7.98. The van der Waals surface area contributed by atoms with Crippen LogP contribution < -0.4 is 10.6 Å². The highest BCUT2D eigenvalue weighted by Gasteiger charge is 2.15. The molecule has 0 spiro atoms. The Labute approximate surface area is 111 Å². The molecule has 0 fully saturated rings. The average Bonchev–Trinajstić information content (AvgIpc) is 2.27. The van der Waals surface area contributed by atoms with E-state index in [1.165, 1.54) is 0 Å². The molecule has 4 heteroatoms. The van der Waals surface area contributed by atoms with Crippen LogP contribution in [-0.2, 0) is 4.79 Å². The van der Waals surface area contributed by atoms with Crippen LogP contribution in [0.1, 0.15) is 40.5 Å². The van der Waals surface area contributed by atoms with Crippen LogP contribution in [0.4, 0.5) is 0 Å². The fraction of sp³-hybridized carbons (Fsp3) is 0.923. The molecule has 0 radical (unpaired) electrons. The minimum absolute atomic E-state index is 0.0979. The Morgan fingerprint density at radius 1 is 1.29 bits per heavy atom. The Kier molecular flexibility index (Phi) is 9.65. The van der Waals surface area contributed by atoms with Crippen molar-refractivity contribution >= 4 is 17.7 Å². The van der Waals surface area contributed by atoms with E-state index < -0.39 is 0 Å². The van der Waals surface area contributed by atoms with E-state index in [2.05, 4.69) is 37.7 Å². The molecule has 0 saturated carbocycles. The second-order valence-corrected chi connectivity index (χ2v) is 5.83. The highest BCUT2D eigenvalue weighted by atomic mass is 32.2. The molecule has 0 heterocycles. The normalized spacial score (nSPS) is 14.7. The summed E-state index contributed by atoms with van der Waals surface area (Å²) in [6.07, 6.45) is 4.20. The van der Waals surface area contributed by atoms with Crippen molar-refractivity contribution in [1.29, 1.82) is 0 Å². The molecule has 2 N–H and O–H groups in total.